The van der Waals surface area contributed by atoms with E-state index in [9.17, 15) is 9.18 Å². The van der Waals surface area contributed by atoms with E-state index in [4.69, 9.17) is 10.5 Å². The highest BCUT2D eigenvalue weighted by molar-refractivity contribution is 9.10. The lowest BCUT2D eigenvalue weighted by atomic mass is 10.2. The number of halogens is 2. The lowest BCUT2D eigenvalue weighted by molar-refractivity contribution is 0.0761. The van der Waals surface area contributed by atoms with E-state index in [0.29, 0.717) is 0 Å². The fraction of sp³-hybridized carbons (Fsp3) is 0.308. The van der Waals surface area contributed by atoms with Crippen molar-refractivity contribution in [3.05, 3.63) is 34.1 Å². The van der Waals surface area contributed by atoms with E-state index in [-0.39, 0.29) is 36.0 Å². The number of hydrogen-bond donors (Lipinski definition) is 0. The summed E-state index contributed by atoms with van der Waals surface area (Å²) in [5, 5.41) is 17.1. The first-order chi connectivity index (χ1) is 9.11. The van der Waals surface area contributed by atoms with Gasteiger partial charge in [0.2, 0.25) is 0 Å². The number of carbonyl (C=O) groups excluding carboxylic acids is 1. The van der Waals surface area contributed by atoms with Gasteiger partial charge in [0.1, 0.15) is 5.82 Å². The van der Waals surface area contributed by atoms with Crippen LogP contribution in [0.5, 0.6) is 0 Å². The molecule has 0 spiro atoms. The molecule has 0 aromatic heterocycles. The molecule has 0 aliphatic heterocycles. The molecular formula is C13H11BrFN3O. The summed E-state index contributed by atoms with van der Waals surface area (Å²) in [5.74, 6) is -0.914. The summed E-state index contributed by atoms with van der Waals surface area (Å²) < 4.78 is 13.5. The molecule has 1 rings (SSSR count). The number of benzene rings is 1. The van der Waals surface area contributed by atoms with Gasteiger partial charge in [-0.1, -0.05) is 6.07 Å². The van der Waals surface area contributed by atoms with Gasteiger partial charge in [0, 0.05) is 13.1 Å². The van der Waals surface area contributed by atoms with Gasteiger partial charge < -0.3 is 4.90 Å². The van der Waals surface area contributed by atoms with Gasteiger partial charge in [0.15, 0.2) is 0 Å². The van der Waals surface area contributed by atoms with Crippen molar-refractivity contribution in [3.63, 3.8) is 0 Å². The van der Waals surface area contributed by atoms with Gasteiger partial charge in [-0.2, -0.15) is 10.5 Å². The van der Waals surface area contributed by atoms with E-state index in [1.54, 1.807) is 0 Å². The maximum absolute atomic E-state index is 13.4. The quantitative estimate of drug-likeness (QED) is 0.836. The average Bonchev–Trinajstić information content (AvgIpc) is 2.41. The third kappa shape index (κ3) is 4.04. The lowest BCUT2D eigenvalue weighted by Gasteiger charge is -2.21. The van der Waals surface area contributed by atoms with E-state index in [1.807, 2.05) is 12.1 Å². The summed E-state index contributed by atoms with van der Waals surface area (Å²) in [7, 11) is 0. The molecule has 1 aromatic rings. The normalized spacial score (nSPS) is 9.47. The lowest BCUT2D eigenvalue weighted by Crippen LogP contribution is -2.33. The number of amides is 1. The van der Waals surface area contributed by atoms with Gasteiger partial charge in [-0.15, -0.1) is 0 Å². The molecule has 1 amide bonds. The van der Waals surface area contributed by atoms with Crippen molar-refractivity contribution >= 4 is 21.8 Å². The van der Waals surface area contributed by atoms with Gasteiger partial charge in [-0.25, -0.2) is 4.39 Å². The molecule has 0 saturated heterocycles. The monoisotopic (exact) mass is 323 g/mol. The predicted octanol–water partition coefficient (Wildman–Crippen LogP) is 2.86. The van der Waals surface area contributed by atoms with E-state index < -0.39 is 11.7 Å². The molecule has 6 heteroatoms. The number of hydrogen-bond acceptors (Lipinski definition) is 3. The Kier molecular flexibility index (Phi) is 5.98. The van der Waals surface area contributed by atoms with Gasteiger partial charge in [0.25, 0.3) is 5.91 Å². The van der Waals surface area contributed by atoms with Gasteiger partial charge in [-0.05, 0) is 28.1 Å². The Morgan fingerprint density at radius 3 is 2.37 bits per heavy atom. The second-order valence-electron chi connectivity index (χ2n) is 3.71. The van der Waals surface area contributed by atoms with Gasteiger partial charge >= 0.3 is 0 Å². The zero-order chi connectivity index (χ0) is 14.3. The molecule has 0 fully saturated rings. The average molecular weight is 324 g/mol. The maximum atomic E-state index is 13.4. The molecule has 0 saturated carbocycles. The van der Waals surface area contributed by atoms with Crippen LogP contribution in [0.15, 0.2) is 22.7 Å². The summed E-state index contributed by atoms with van der Waals surface area (Å²) in [4.78, 5) is 13.6. The standard InChI is InChI=1S/C13H11BrFN3O/c14-12-10(4-1-5-11(12)15)13(19)18(8-2-6-16)9-3-7-17/h1,4-5H,2-3,8-9H2. The minimum Gasteiger partial charge on any atom is -0.337 e. The molecule has 0 radical (unpaired) electrons. The Morgan fingerprint density at radius 1 is 1.26 bits per heavy atom. The van der Waals surface area contributed by atoms with Crippen molar-refractivity contribution in [2.75, 3.05) is 13.1 Å². The number of nitrogens with zero attached hydrogens (tertiary/aromatic N) is 3. The summed E-state index contributed by atoms with van der Waals surface area (Å²) in [5.41, 5.74) is 0.191. The van der Waals surface area contributed by atoms with Crippen LogP contribution in [0, 0.1) is 28.5 Å². The summed E-state index contributed by atoms with van der Waals surface area (Å²) in [6.07, 6.45) is 0.341. The number of nitriles is 2. The van der Waals surface area contributed by atoms with Crippen molar-refractivity contribution in [2.45, 2.75) is 12.8 Å². The Hall–Kier alpha value is -1.92. The highest BCUT2D eigenvalue weighted by Gasteiger charge is 2.19. The number of carbonyl (C=O) groups is 1. The van der Waals surface area contributed by atoms with Gasteiger partial charge in [-0.3, -0.25) is 4.79 Å². The summed E-state index contributed by atoms with van der Waals surface area (Å²) >= 11 is 3.03. The topological polar surface area (TPSA) is 67.9 Å². The smallest absolute Gasteiger partial charge is 0.255 e. The molecular weight excluding hydrogens is 313 g/mol. The summed E-state index contributed by atoms with van der Waals surface area (Å²) in [6, 6.07) is 8.08. The molecule has 1 aromatic carbocycles. The van der Waals surface area contributed by atoms with E-state index in [1.165, 1.54) is 23.1 Å². The van der Waals surface area contributed by atoms with Crippen molar-refractivity contribution < 1.29 is 9.18 Å². The minimum atomic E-state index is -0.522. The second kappa shape index (κ2) is 7.50. The van der Waals surface area contributed by atoms with Crippen LogP contribution in [0.25, 0.3) is 0 Å². The Morgan fingerprint density at radius 2 is 1.84 bits per heavy atom. The fourth-order valence-electron chi connectivity index (χ4n) is 1.52. The maximum Gasteiger partial charge on any atom is 0.255 e. The Labute approximate surface area is 119 Å². The predicted molar refractivity (Wildman–Crippen MR) is 70.5 cm³/mol. The molecule has 0 aliphatic rings. The van der Waals surface area contributed by atoms with Crippen molar-refractivity contribution in [2.24, 2.45) is 0 Å². The first kappa shape index (κ1) is 15.1. The zero-order valence-corrected chi connectivity index (χ0v) is 11.7. The van der Waals surface area contributed by atoms with Crippen molar-refractivity contribution in [3.8, 4) is 12.1 Å². The molecule has 4 nitrogen and oxygen atoms in total. The third-order valence-corrected chi connectivity index (χ3v) is 3.26. The van der Waals surface area contributed by atoms with Crippen LogP contribution >= 0.6 is 15.9 Å². The molecule has 0 unspecified atom stereocenters. The van der Waals surface area contributed by atoms with Crippen LogP contribution in [-0.2, 0) is 0 Å². The van der Waals surface area contributed by atoms with Crippen LogP contribution < -0.4 is 0 Å². The first-order valence-corrected chi connectivity index (χ1v) is 6.38. The van der Waals surface area contributed by atoms with E-state index in [2.05, 4.69) is 15.9 Å². The second-order valence-corrected chi connectivity index (χ2v) is 4.50. The van der Waals surface area contributed by atoms with Crippen LogP contribution in [0.4, 0.5) is 4.39 Å². The van der Waals surface area contributed by atoms with Crippen LogP contribution in [0.2, 0.25) is 0 Å². The molecule has 0 N–H and O–H groups in total. The van der Waals surface area contributed by atoms with Gasteiger partial charge in [0.05, 0.1) is 35.0 Å². The molecule has 19 heavy (non-hydrogen) atoms. The number of rotatable bonds is 5. The van der Waals surface area contributed by atoms with Crippen molar-refractivity contribution in [1.82, 2.24) is 4.90 Å². The molecule has 0 aliphatic carbocycles. The SMILES string of the molecule is N#CCCN(CCC#N)C(=O)c1cccc(F)c1Br. The minimum absolute atomic E-state index is 0.0962. The largest absolute Gasteiger partial charge is 0.337 e. The highest BCUT2D eigenvalue weighted by atomic mass is 79.9. The molecule has 0 bridgehead atoms. The van der Waals surface area contributed by atoms with E-state index >= 15 is 0 Å². The Bertz CT molecular complexity index is 530. The van der Waals surface area contributed by atoms with E-state index in [0.717, 1.165) is 0 Å². The van der Waals surface area contributed by atoms with Crippen LogP contribution in [-0.4, -0.2) is 23.9 Å². The highest BCUT2D eigenvalue weighted by Crippen LogP contribution is 2.22. The van der Waals surface area contributed by atoms with Crippen molar-refractivity contribution in [1.29, 1.82) is 10.5 Å². The zero-order valence-electron chi connectivity index (χ0n) is 10.1. The van der Waals surface area contributed by atoms with Crippen LogP contribution in [0.3, 0.4) is 0 Å². The molecule has 0 heterocycles. The Balaban J connectivity index is 2.95. The first-order valence-electron chi connectivity index (χ1n) is 5.59. The summed E-state index contributed by atoms with van der Waals surface area (Å²) in [6.45, 7) is 0.444. The molecule has 98 valence electrons. The fourth-order valence-corrected chi connectivity index (χ4v) is 1.96. The van der Waals surface area contributed by atoms with Crippen LogP contribution in [0.1, 0.15) is 23.2 Å². The molecule has 0 atom stereocenters. The third-order valence-electron chi connectivity index (χ3n) is 2.46.